The van der Waals surface area contributed by atoms with Crippen molar-refractivity contribution in [2.45, 2.75) is 38.3 Å². The van der Waals surface area contributed by atoms with E-state index in [-0.39, 0.29) is 24.8 Å². The number of fused-ring (bicyclic) bond motifs is 3. The normalized spacial score (nSPS) is 17.5. The fourth-order valence-corrected chi connectivity index (χ4v) is 5.58. The summed E-state index contributed by atoms with van der Waals surface area (Å²) in [6.07, 6.45) is 1.42. The molecule has 0 saturated carbocycles. The van der Waals surface area contributed by atoms with Crippen molar-refractivity contribution in [3.8, 4) is 11.1 Å². The molecule has 0 aromatic heterocycles. The summed E-state index contributed by atoms with van der Waals surface area (Å²) in [4.78, 5) is 38.8. The van der Waals surface area contributed by atoms with E-state index in [9.17, 15) is 19.5 Å². The van der Waals surface area contributed by atoms with Crippen molar-refractivity contribution in [2.75, 3.05) is 18.2 Å². The van der Waals surface area contributed by atoms with E-state index in [1.807, 2.05) is 56.3 Å². The standard InChI is InChI=1S/C26H28N2O5S/c1-16(2)11-12-22(24(29)28-15-34-14-23(28)25(30)31)27-26(32)33-13-21-19-9-5-3-7-17(19)18-8-4-6-10-20(18)21/h3-11,21-23H,12-15H2,1-2H3,(H,27,32)(H,30,31)/t22?,23-/m0/s1. The Morgan fingerprint density at radius 2 is 1.74 bits per heavy atom. The quantitative estimate of drug-likeness (QED) is 0.576. The van der Waals surface area contributed by atoms with Gasteiger partial charge in [-0.3, -0.25) is 4.79 Å². The van der Waals surface area contributed by atoms with E-state index < -0.39 is 30.1 Å². The zero-order valence-electron chi connectivity index (χ0n) is 19.2. The smallest absolute Gasteiger partial charge is 0.407 e. The summed E-state index contributed by atoms with van der Waals surface area (Å²) in [5.74, 6) is -0.921. The van der Waals surface area contributed by atoms with Gasteiger partial charge in [0.25, 0.3) is 0 Å². The topological polar surface area (TPSA) is 95.9 Å². The van der Waals surface area contributed by atoms with Gasteiger partial charge in [-0.05, 0) is 42.5 Å². The number of thioether (sulfide) groups is 1. The SMILES string of the molecule is CC(C)=CCC(NC(=O)OCC1c2ccccc2-c2ccccc21)C(=O)N1CSC[C@H]1C(=O)O. The first-order valence-corrected chi connectivity index (χ1v) is 12.4. The van der Waals surface area contributed by atoms with E-state index in [0.717, 1.165) is 27.8 Å². The maximum Gasteiger partial charge on any atom is 0.407 e. The molecule has 2 N–H and O–H groups in total. The number of allylic oxidation sites excluding steroid dienone is 1. The Balaban J connectivity index is 1.46. The molecule has 1 saturated heterocycles. The predicted octanol–water partition coefficient (Wildman–Crippen LogP) is 4.24. The van der Waals surface area contributed by atoms with Crippen LogP contribution in [0.2, 0.25) is 0 Å². The molecule has 2 aromatic rings. The van der Waals surface area contributed by atoms with Crippen LogP contribution in [0.15, 0.2) is 60.2 Å². The molecule has 4 rings (SSSR count). The molecule has 2 aromatic carbocycles. The molecule has 0 radical (unpaired) electrons. The van der Waals surface area contributed by atoms with E-state index in [4.69, 9.17) is 4.74 Å². The first-order chi connectivity index (χ1) is 16.4. The van der Waals surface area contributed by atoms with Crippen LogP contribution in [-0.2, 0) is 14.3 Å². The third kappa shape index (κ3) is 4.97. The molecule has 8 heteroatoms. The monoisotopic (exact) mass is 480 g/mol. The van der Waals surface area contributed by atoms with Gasteiger partial charge < -0.3 is 20.1 Å². The van der Waals surface area contributed by atoms with E-state index in [0.29, 0.717) is 5.75 Å². The van der Waals surface area contributed by atoms with Crippen molar-refractivity contribution in [1.29, 1.82) is 0 Å². The van der Waals surface area contributed by atoms with Gasteiger partial charge >= 0.3 is 12.1 Å². The van der Waals surface area contributed by atoms with Crippen LogP contribution in [0.25, 0.3) is 11.1 Å². The van der Waals surface area contributed by atoms with Gasteiger partial charge in [0.2, 0.25) is 5.91 Å². The van der Waals surface area contributed by atoms with Crippen molar-refractivity contribution in [3.05, 3.63) is 71.3 Å². The molecule has 0 spiro atoms. The first kappa shape index (κ1) is 23.9. The third-order valence-corrected chi connectivity index (χ3v) is 7.16. The van der Waals surface area contributed by atoms with Gasteiger partial charge in [-0.2, -0.15) is 0 Å². The fourth-order valence-electron chi connectivity index (χ4n) is 4.42. The van der Waals surface area contributed by atoms with Crippen molar-refractivity contribution in [1.82, 2.24) is 10.2 Å². The predicted molar refractivity (Wildman–Crippen MR) is 132 cm³/mol. The maximum absolute atomic E-state index is 13.1. The van der Waals surface area contributed by atoms with Crippen LogP contribution in [0.4, 0.5) is 4.79 Å². The number of carbonyl (C=O) groups excluding carboxylic acids is 2. The zero-order valence-corrected chi connectivity index (χ0v) is 20.0. The van der Waals surface area contributed by atoms with Crippen LogP contribution < -0.4 is 5.32 Å². The molecule has 34 heavy (non-hydrogen) atoms. The molecule has 1 unspecified atom stereocenters. The van der Waals surface area contributed by atoms with Crippen LogP contribution in [0, 0.1) is 0 Å². The Morgan fingerprint density at radius 1 is 1.12 bits per heavy atom. The lowest BCUT2D eigenvalue weighted by Crippen LogP contribution is -2.52. The number of aliphatic carboxylic acids is 1. The number of nitrogens with zero attached hydrogens (tertiary/aromatic N) is 1. The Kier molecular flexibility index (Phi) is 7.26. The van der Waals surface area contributed by atoms with Gasteiger partial charge in [0, 0.05) is 11.7 Å². The van der Waals surface area contributed by atoms with E-state index >= 15 is 0 Å². The highest BCUT2D eigenvalue weighted by molar-refractivity contribution is 7.99. The number of carbonyl (C=O) groups is 3. The summed E-state index contributed by atoms with van der Waals surface area (Å²) in [6, 6.07) is 14.3. The van der Waals surface area contributed by atoms with E-state index in [2.05, 4.69) is 17.4 Å². The molecule has 1 aliphatic carbocycles. The maximum atomic E-state index is 13.1. The number of hydrogen-bond donors (Lipinski definition) is 2. The second-order valence-electron chi connectivity index (χ2n) is 8.70. The highest BCUT2D eigenvalue weighted by Gasteiger charge is 2.38. The van der Waals surface area contributed by atoms with Gasteiger partial charge in [-0.15, -0.1) is 11.8 Å². The molecular weight excluding hydrogens is 452 g/mol. The van der Waals surface area contributed by atoms with Gasteiger partial charge in [-0.25, -0.2) is 9.59 Å². The number of amides is 2. The number of nitrogens with one attached hydrogen (secondary N) is 1. The molecule has 2 aliphatic rings. The molecule has 2 atom stereocenters. The van der Waals surface area contributed by atoms with Crippen LogP contribution >= 0.6 is 11.8 Å². The van der Waals surface area contributed by atoms with Crippen molar-refractivity contribution >= 4 is 29.7 Å². The van der Waals surface area contributed by atoms with Gasteiger partial charge in [0.15, 0.2) is 0 Å². The lowest BCUT2D eigenvalue weighted by Gasteiger charge is -2.26. The van der Waals surface area contributed by atoms with Gasteiger partial charge in [0.05, 0.1) is 5.88 Å². The van der Waals surface area contributed by atoms with Crippen molar-refractivity contribution in [2.24, 2.45) is 0 Å². The van der Waals surface area contributed by atoms with Crippen molar-refractivity contribution in [3.63, 3.8) is 0 Å². The lowest BCUT2D eigenvalue weighted by atomic mass is 9.98. The first-order valence-electron chi connectivity index (χ1n) is 11.2. The Hall–Kier alpha value is -3.26. The van der Waals surface area contributed by atoms with Crippen molar-refractivity contribution < 1.29 is 24.2 Å². The van der Waals surface area contributed by atoms with Gasteiger partial charge in [0.1, 0.15) is 18.7 Å². The number of hydrogen-bond acceptors (Lipinski definition) is 5. The zero-order chi connectivity index (χ0) is 24.2. The fraction of sp³-hybridized carbons (Fsp3) is 0.346. The minimum atomic E-state index is -1.04. The van der Waals surface area contributed by atoms with E-state index in [1.165, 1.54) is 16.7 Å². The number of carboxylic acids is 1. The highest BCUT2D eigenvalue weighted by Crippen LogP contribution is 2.44. The average Bonchev–Trinajstić information content (AvgIpc) is 3.43. The minimum Gasteiger partial charge on any atom is -0.480 e. The van der Waals surface area contributed by atoms with Crippen LogP contribution in [-0.4, -0.2) is 58.3 Å². The molecule has 1 aliphatic heterocycles. The summed E-state index contributed by atoms with van der Waals surface area (Å²) < 4.78 is 5.60. The number of ether oxygens (including phenoxy) is 1. The molecule has 1 heterocycles. The molecule has 1 fully saturated rings. The molecule has 2 amide bonds. The van der Waals surface area contributed by atoms with Crippen LogP contribution in [0.3, 0.4) is 0 Å². The number of rotatable bonds is 7. The summed E-state index contributed by atoms with van der Waals surface area (Å²) in [6.45, 7) is 3.95. The van der Waals surface area contributed by atoms with E-state index in [1.54, 1.807) is 0 Å². The largest absolute Gasteiger partial charge is 0.480 e. The Morgan fingerprint density at radius 3 is 2.32 bits per heavy atom. The molecule has 7 nitrogen and oxygen atoms in total. The molecular formula is C26H28N2O5S. The second-order valence-corrected chi connectivity index (χ2v) is 9.70. The average molecular weight is 481 g/mol. The lowest BCUT2D eigenvalue weighted by molar-refractivity contribution is -0.148. The molecule has 178 valence electrons. The third-order valence-electron chi connectivity index (χ3n) is 6.15. The summed E-state index contributed by atoms with van der Waals surface area (Å²) in [7, 11) is 0. The highest BCUT2D eigenvalue weighted by atomic mass is 32.2. The van der Waals surface area contributed by atoms with Crippen LogP contribution in [0.1, 0.15) is 37.3 Å². The summed E-state index contributed by atoms with van der Waals surface area (Å²) >= 11 is 1.39. The van der Waals surface area contributed by atoms with Crippen LogP contribution in [0.5, 0.6) is 0 Å². The number of carboxylic acid groups (broad SMARTS) is 1. The number of alkyl carbamates (subject to hydrolysis) is 1. The van der Waals surface area contributed by atoms with Gasteiger partial charge in [-0.1, -0.05) is 60.2 Å². The Bertz CT molecular complexity index is 1080. The summed E-state index contributed by atoms with van der Waals surface area (Å²) in [5, 5.41) is 12.1. The summed E-state index contributed by atoms with van der Waals surface area (Å²) in [5.41, 5.74) is 5.47. The Labute approximate surface area is 203 Å². The molecule has 0 bridgehead atoms. The number of benzene rings is 2. The second kappa shape index (κ2) is 10.3. The minimum absolute atomic E-state index is 0.0866.